The Morgan fingerprint density at radius 3 is 2.43 bits per heavy atom. The Labute approximate surface area is 127 Å². The average Bonchev–Trinajstić information content (AvgIpc) is 3.01. The number of benzene rings is 1. The number of hydrogen-bond acceptors (Lipinski definition) is 3. The summed E-state index contributed by atoms with van der Waals surface area (Å²) in [4.78, 5) is 0. The minimum atomic E-state index is -3.17. The van der Waals surface area contributed by atoms with Crippen LogP contribution in [0.25, 0.3) is 0 Å². The molecule has 1 aliphatic rings. The van der Waals surface area contributed by atoms with Crippen molar-refractivity contribution in [3.8, 4) is 11.8 Å². The monoisotopic (exact) mass is 306 g/mol. The molecular formula is C16H22N2O2S. The standard InChI is InChI=1S/C16H22N2O2S/c1-18(21(19,20)16-6-2-3-7-16)13-15-10-8-14(9-11-15)5-4-12-17/h8-11,16H,2-3,6-7,12-13,17H2,1H3. The van der Waals surface area contributed by atoms with Crippen LogP contribution in [-0.4, -0.2) is 31.6 Å². The number of nitrogens with two attached hydrogens (primary N) is 1. The zero-order valence-electron chi connectivity index (χ0n) is 12.4. The van der Waals surface area contributed by atoms with Gasteiger partial charge in [-0.15, -0.1) is 0 Å². The van der Waals surface area contributed by atoms with E-state index in [4.69, 9.17) is 5.73 Å². The number of nitrogens with zero attached hydrogens (tertiary/aromatic N) is 1. The number of rotatable bonds is 4. The Bertz CT molecular complexity index is 620. The van der Waals surface area contributed by atoms with Gasteiger partial charge in [-0.1, -0.05) is 36.8 Å². The molecular weight excluding hydrogens is 284 g/mol. The highest BCUT2D eigenvalue weighted by Gasteiger charge is 2.31. The highest BCUT2D eigenvalue weighted by atomic mass is 32.2. The summed E-state index contributed by atoms with van der Waals surface area (Å²) in [5, 5.41) is -0.197. The maximum absolute atomic E-state index is 12.4. The maximum Gasteiger partial charge on any atom is 0.217 e. The lowest BCUT2D eigenvalue weighted by Gasteiger charge is -2.21. The van der Waals surface area contributed by atoms with Gasteiger partial charge in [0.25, 0.3) is 0 Å². The fourth-order valence-electron chi connectivity index (χ4n) is 2.63. The normalized spacial score (nSPS) is 16.0. The van der Waals surface area contributed by atoms with Gasteiger partial charge in [-0.2, -0.15) is 0 Å². The Balaban J connectivity index is 2.03. The van der Waals surface area contributed by atoms with Crippen LogP contribution in [0.4, 0.5) is 0 Å². The van der Waals surface area contributed by atoms with Crippen LogP contribution in [0.15, 0.2) is 24.3 Å². The molecule has 1 fully saturated rings. The van der Waals surface area contributed by atoms with Gasteiger partial charge in [-0.25, -0.2) is 12.7 Å². The highest BCUT2D eigenvalue weighted by molar-refractivity contribution is 7.89. The SMILES string of the molecule is CN(Cc1ccc(C#CCN)cc1)S(=O)(=O)C1CCCC1. The predicted molar refractivity (Wildman–Crippen MR) is 85.0 cm³/mol. The van der Waals surface area contributed by atoms with Crippen LogP contribution in [0.5, 0.6) is 0 Å². The molecule has 0 radical (unpaired) electrons. The minimum absolute atomic E-state index is 0.197. The van der Waals surface area contributed by atoms with E-state index in [1.165, 1.54) is 4.31 Å². The zero-order chi connectivity index (χ0) is 15.3. The fourth-order valence-corrected chi connectivity index (χ4v) is 4.40. The Kier molecular flexibility index (Phi) is 5.40. The predicted octanol–water partition coefficient (Wildman–Crippen LogP) is 1.70. The summed E-state index contributed by atoms with van der Waals surface area (Å²) >= 11 is 0. The molecule has 2 N–H and O–H groups in total. The van der Waals surface area contributed by atoms with Crippen molar-refractivity contribution in [1.29, 1.82) is 0 Å². The molecule has 0 unspecified atom stereocenters. The van der Waals surface area contributed by atoms with Crippen molar-refractivity contribution in [2.45, 2.75) is 37.5 Å². The van der Waals surface area contributed by atoms with Crippen molar-refractivity contribution in [2.24, 2.45) is 5.73 Å². The first-order valence-corrected chi connectivity index (χ1v) is 8.77. The third-order valence-corrected chi connectivity index (χ3v) is 6.16. The van der Waals surface area contributed by atoms with E-state index in [-0.39, 0.29) is 5.25 Å². The van der Waals surface area contributed by atoms with Gasteiger partial charge in [-0.05, 0) is 30.5 Å². The minimum Gasteiger partial charge on any atom is -0.320 e. The van der Waals surface area contributed by atoms with Crippen molar-refractivity contribution in [3.63, 3.8) is 0 Å². The molecule has 21 heavy (non-hydrogen) atoms. The molecule has 1 saturated carbocycles. The Hall–Kier alpha value is -1.35. The lowest BCUT2D eigenvalue weighted by Crippen LogP contribution is -2.34. The molecule has 4 nitrogen and oxygen atoms in total. The first-order chi connectivity index (χ1) is 10.0. The smallest absolute Gasteiger partial charge is 0.217 e. The molecule has 0 aromatic heterocycles. The molecule has 0 saturated heterocycles. The average molecular weight is 306 g/mol. The van der Waals surface area contributed by atoms with E-state index < -0.39 is 10.0 Å². The van der Waals surface area contributed by atoms with Crippen molar-refractivity contribution in [3.05, 3.63) is 35.4 Å². The van der Waals surface area contributed by atoms with Gasteiger partial charge in [-0.3, -0.25) is 0 Å². The van der Waals surface area contributed by atoms with Crippen LogP contribution in [-0.2, 0) is 16.6 Å². The van der Waals surface area contributed by atoms with E-state index in [1.54, 1.807) is 7.05 Å². The molecule has 0 amide bonds. The maximum atomic E-state index is 12.4. The lowest BCUT2D eigenvalue weighted by atomic mass is 10.1. The molecule has 0 heterocycles. The fraction of sp³-hybridized carbons (Fsp3) is 0.500. The summed E-state index contributed by atoms with van der Waals surface area (Å²) in [5.41, 5.74) is 7.20. The van der Waals surface area contributed by atoms with Crippen molar-refractivity contribution in [2.75, 3.05) is 13.6 Å². The second-order valence-corrected chi connectivity index (χ2v) is 7.73. The van der Waals surface area contributed by atoms with Gasteiger partial charge in [0.15, 0.2) is 0 Å². The van der Waals surface area contributed by atoms with Crippen LogP contribution >= 0.6 is 0 Å². The molecule has 1 aromatic rings. The highest BCUT2D eigenvalue weighted by Crippen LogP contribution is 2.27. The zero-order valence-corrected chi connectivity index (χ0v) is 13.2. The van der Waals surface area contributed by atoms with E-state index in [0.29, 0.717) is 13.1 Å². The molecule has 0 aliphatic heterocycles. The molecule has 0 atom stereocenters. The summed E-state index contributed by atoms with van der Waals surface area (Å²) in [6, 6.07) is 7.63. The summed E-state index contributed by atoms with van der Waals surface area (Å²) < 4.78 is 26.3. The summed E-state index contributed by atoms with van der Waals surface area (Å²) in [6.45, 7) is 0.744. The van der Waals surface area contributed by atoms with E-state index in [2.05, 4.69) is 11.8 Å². The van der Waals surface area contributed by atoms with E-state index in [1.807, 2.05) is 24.3 Å². The third-order valence-electron chi connectivity index (χ3n) is 3.85. The van der Waals surface area contributed by atoms with Gasteiger partial charge in [0.2, 0.25) is 10.0 Å². The summed E-state index contributed by atoms with van der Waals surface area (Å²) in [6.07, 6.45) is 3.62. The molecule has 114 valence electrons. The first-order valence-electron chi connectivity index (χ1n) is 7.27. The van der Waals surface area contributed by atoms with E-state index in [0.717, 1.165) is 36.8 Å². The van der Waals surface area contributed by atoms with Gasteiger partial charge in [0, 0.05) is 19.2 Å². The van der Waals surface area contributed by atoms with Gasteiger partial charge >= 0.3 is 0 Å². The molecule has 1 aromatic carbocycles. The first kappa shape index (κ1) is 16.0. The van der Waals surface area contributed by atoms with Crippen molar-refractivity contribution in [1.82, 2.24) is 4.31 Å². The van der Waals surface area contributed by atoms with E-state index in [9.17, 15) is 8.42 Å². The van der Waals surface area contributed by atoms with Crippen LogP contribution < -0.4 is 5.73 Å². The molecule has 5 heteroatoms. The Morgan fingerprint density at radius 1 is 1.24 bits per heavy atom. The van der Waals surface area contributed by atoms with Crippen molar-refractivity contribution >= 4 is 10.0 Å². The summed E-state index contributed by atoms with van der Waals surface area (Å²) in [5.74, 6) is 5.75. The quantitative estimate of drug-likeness (QED) is 0.861. The van der Waals surface area contributed by atoms with E-state index >= 15 is 0 Å². The van der Waals surface area contributed by atoms with Crippen LogP contribution in [0, 0.1) is 11.8 Å². The van der Waals surface area contributed by atoms with Crippen LogP contribution in [0.2, 0.25) is 0 Å². The molecule has 0 bridgehead atoms. The molecule has 0 spiro atoms. The Morgan fingerprint density at radius 2 is 1.86 bits per heavy atom. The van der Waals surface area contributed by atoms with Gasteiger partial charge in [0.05, 0.1) is 11.8 Å². The lowest BCUT2D eigenvalue weighted by molar-refractivity contribution is 0.455. The summed E-state index contributed by atoms with van der Waals surface area (Å²) in [7, 11) is -1.51. The van der Waals surface area contributed by atoms with Crippen molar-refractivity contribution < 1.29 is 8.42 Å². The molecule has 2 rings (SSSR count). The van der Waals surface area contributed by atoms with Gasteiger partial charge in [0.1, 0.15) is 0 Å². The number of sulfonamides is 1. The van der Waals surface area contributed by atoms with Crippen LogP contribution in [0.3, 0.4) is 0 Å². The largest absolute Gasteiger partial charge is 0.320 e. The second kappa shape index (κ2) is 7.08. The second-order valence-electron chi connectivity index (χ2n) is 5.41. The van der Waals surface area contributed by atoms with Gasteiger partial charge < -0.3 is 5.73 Å². The number of hydrogen-bond donors (Lipinski definition) is 1. The third kappa shape index (κ3) is 4.07. The van der Waals surface area contributed by atoms with Crippen LogP contribution in [0.1, 0.15) is 36.8 Å². The topological polar surface area (TPSA) is 63.4 Å². The molecule has 1 aliphatic carbocycles.